The van der Waals surface area contributed by atoms with Gasteiger partial charge in [-0.3, -0.25) is 14.9 Å². The number of fused-ring (bicyclic) bond motifs is 1. The third-order valence-corrected chi connectivity index (χ3v) is 4.58. The topological polar surface area (TPSA) is 90.7 Å². The normalized spacial score (nSPS) is 13.7. The van der Waals surface area contributed by atoms with Crippen molar-refractivity contribution in [1.82, 2.24) is 0 Å². The molecule has 0 unspecified atom stereocenters. The number of carbonyl (C=O) groups excluding carboxylic acids is 1. The van der Waals surface area contributed by atoms with Crippen LogP contribution in [-0.4, -0.2) is 17.6 Å². The van der Waals surface area contributed by atoms with Crippen molar-refractivity contribution in [3.05, 3.63) is 67.7 Å². The van der Waals surface area contributed by atoms with E-state index in [9.17, 15) is 28.1 Å². The molecule has 0 saturated carbocycles. The Morgan fingerprint density at radius 1 is 1.28 bits per heavy atom. The predicted molar refractivity (Wildman–Crippen MR) is 100 cm³/mol. The van der Waals surface area contributed by atoms with Crippen LogP contribution in [0.3, 0.4) is 0 Å². The van der Waals surface area contributed by atoms with E-state index in [-0.39, 0.29) is 34.8 Å². The van der Waals surface area contributed by atoms with Crippen molar-refractivity contribution in [2.75, 3.05) is 12.1 Å². The van der Waals surface area contributed by atoms with Gasteiger partial charge in [0, 0.05) is 39.5 Å². The fourth-order valence-electron chi connectivity index (χ4n) is 2.63. The number of non-ortho nitro benzene ring substituents is 1. The van der Waals surface area contributed by atoms with E-state index in [0.717, 1.165) is 12.1 Å². The predicted octanol–water partition coefficient (Wildman–Crippen LogP) is 4.89. The second-order valence-electron chi connectivity index (χ2n) is 5.91. The summed E-state index contributed by atoms with van der Waals surface area (Å²) < 4.78 is 49.2. The van der Waals surface area contributed by atoms with Crippen molar-refractivity contribution < 1.29 is 32.4 Å². The fraction of sp³-hybridized carbons (Fsp3) is 0.167. The lowest BCUT2D eigenvalue weighted by Crippen LogP contribution is -2.13. The van der Waals surface area contributed by atoms with Crippen LogP contribution in [0.2, 0.25) is 0 Å². The van der Waals surface area contributed by atoms with Crippen molar-refractivity contribution in [2.24, 2.45) is 0 Å². The largest absolute Gasteiger partial charge is 0.467 e. The van der Waals surface area contributed by atoms with Crippen molar-refractivity contribution in [1.29, 1.82) is 0 Å². The Hall–Kier alpha value is -2.92. The van der Waals surface area contributed by atoms with Gasteiger partial charge in [-0.2, -0.15) is 13.2 Å². The average Bonchev–Trinajstić information content (AvgIpc) is 2.66. The van der Waals surface area contributed by atoms with Gasteiger partial charge in [0.15, 0.2) is 6.79 Å². The highest BCUT2D eigenvalue weighted by molar-refractivity contribution is 9.10. The maximum absolute atomic E-state index is 13.0. The molecule has 2 aromatic carbocycles. The minimum Gasteiger partial charge on any atom is -0.467 e. The van der Waals surface area contributed by atoms with Gasteiger partial charge in [-0.1, -0.05) is 15.9 Å². The number of alkyl halides is 3. The van der Waals surface area contributed by atoms with E-state index in [1.165, 1.54) is 30.3 Å². The number of halogens is 4. The summed E-state index contributed by atoms with van der Waals surface area (Å²) in [6.45, 7) is 0.0696. The van der Waals surface area contributed by atoms with Crippen LogP contribution < -0.4 is 10.1 Å². The molecule has 0 atom stereocenters. The van der Waals surface area contributed by atoms with Gasteiger partial charge in [-0.25, -0.2) is 0 Å². The zero-order chi connectivity index (χ0) is 21.2. The highest BCUT2D eigenvalue weighted by Crippen LogP contribution is 2.36. The van der Waals surface area contributed by atoms with Gasteiger partial charge in [0.2, 0.25) is 5.91 Å². The number of nitrogens with zero attached hydrogens (tertiary/aromatic N) is 1. The van der Waals surface area contributed by atoms with Crippen LogP contribution in [0.5, 0.6) is 5.75 Å². The first kappa shape index (κ1) is 20.8. The SMILES string of the molecule is O=C(/C=C/c1cc([N+](=O)[O-])cc2c1OCOC2)Nc1ccc(Br)c(C(F)(F)F)c1. The van der Waals surface area contributed by atoms with Gasteiger partial charge < -0.3 is 14.8 Å². The van der Waals surface area contributed by atoms with E-state index in [2.05, 4.69) is 21.2 Å². The third kappa shape index (κ3) is 4.93. The summed E-state index contributed by atoms with van der Waals surface area (Å²) in [5.74, 6) is -0.373. The summed E-state index contributed by atoms with van der Waals surface area (Å²) in [6.07, 6.45) is -2.25. The summed E-state index contributed by atoms with van der Waals surface area (Å²) in [7, 11) is 0. The Balaban J connectivity index is 1.83. The third-order valence-electron chi connectivity index (χ3n) is 3.89. The molecule has 0 aliphatic carbocycles. The number of nitrogens with one attached hydrogen (secondary N) is 1. The van der Waals surface area contributed by atoms with Crippen LogP contribution in [0.25, 0.3) is 6.08 Å². The maximum Gasteiger partial charge on any atom is 0.417 e. The number of hydrogen-bond acceptors (Lipinski definition) is 5. The molecule has 0 spiro atoms. The van der Waals surface area contributed by atoms with E-state index < -0.39 is 22.6 Å². The first-order chi connectivity index (χ1) is 13.6. The second-order valence-corrected chi connectivity index (χ2v) is 6.76. The molecule has 0 radical (unpaired) electrons. The molecule has 29 heavy (non-hydrogen) atoms. The molecule has 1 heterocycles. The lowest BCUT2D eigenvalue weighted by Gasteiger charge is -2.19. The summed E-state index contributed by atoms with van der Waals surface area (Å²) in [4.78, 5) is 22.6. The number of amides is 1. The lowest BCUT2D eigenvalue weighted by molar-refractivity contribution is -0.385. The molecule has 0 fully saturated rings. The first-order valence-electron chi connectivity index (χ1n) is 8.03. The molecule has 152 valence electrons. The zero-order valence-corrected chi connectivity index (χ0v) is 16.0. The Morgan fingerprint density at radius 3 is 2.72 bits per heavy atom. The monoisotopic (exact) mass is 472 g/mol. The van der Waals surface area contributed by atoms with E-state index in [1.54, 1.807) is 0 Å². The molecule has 1 aliphatic heterocycles. The molecular formula is C18H12BrF3N2O5. The quantitative estimate of drug-likeness (QED) is 0.388. The number of ether oxygens (including phenoxy) is 2. The van der Waals surface area contributed by atoms with Crippen molar-refractivity contribution in [3.8, 4) is 5.75 Å². The van der Waals surface area contributed by atoms with Crippen LogP contribution in [0.15, 0.2) is 40.9 Å². The van der Waals surface area contributed by atoms with Gasteiger partial charge in [0.05, 0.1) is 17.1 Å². The summed E-state index contributed by atoms with van der Waals surface area (Å²) in [5.41, 5.74) is -0.463. The van der Waals surface area contributed by atoms with Gasteiger partial charge in [0.25, 0.3) is 5.69 Å². The van der Waals surface area contributed by atoms with Crippen LogP contribution >= 0.6 is 15.9 Å². The number of nitro benzene ring substituents is 1. The molecule has 1 N–H and O–H groups in total. The van der Waals surface area contributed by atoms with E-state index >= 15 is 0 Å². The molecule has 0 aromatic heterocycles. The molecule has 3 rings (SSSR count). The minimum atomic E-state index is -4.59. The van der Waals surface area contributed by atoms with Gasteiger partial charge >= 0.3 is 6.18 Å². The number of benzene rings is 2. The molecule has 0 saturated heterocycles. The molecule has 7 nitrogen and oxygen atoms in total. The van der Waals surface area contributed by atoms with Crippen molar-refractivity contribution >= 4 is 39.3 Å². The van der Waals surface area contributed by atoms with E-state index in [4.69, 9.17) is 9.47 Å². The summed E-state index contributed by atoms with van der Waals surface area (Å²) >= 11 is 2.82. The summed E-state index contributed by atoms with van der Waals surface area (Å²) in [5, 5.41) is 13.4. The Labute approximate surface area is 170 Å². The average molecular weight is 473 g/mol. The van der Waals surface area contributed by atoms with E-state index in [0.29, 0.717) is 11.3 Å². The molecule has 2 aromatic rings. The molecule has 1 aliphatic rings. The van der Waals surface area contributed by atoms with Crippen molar-refractivity contribution in [2.45, 2.75) is 12.8 Å². The summed E-state index contributed by atoms with van der Waals surface area (Å²) in [6, 6.07) is 5.82. The fourth-order valence-corrected chi connectivity index (χ4v) is 3.10. The number of anilines is 1. The number of hydrogen-bond donors (Lipinski definition) is 1. The highest BCUT2D eigenvalue weighted by atomic mass is 79.9. The Morgan fingerprint density at radius 2 is 2.03 bits per heavy atom. The van der Waals surface area contributed by atoms with Crippen LogP contribution in [0.4, 0.5) is 24.5 Å². The molecule has 11 heteroatoms. The maximum atomic E-state index is 13.0. The lowest BCUT2D eigenvalue weighted by atomic mass is 10.1. The van der Waals surface area contributed by atoms with Crippen LogP contribution in [0.1, 0.15) is 16.7 Å². The van der Waals surface area contributed by atoms with Gasteiger partial charge in [-0.05, 0) is 24.3 Å². The Bertz CT molecular complexity index is 1010. The number of carbonyl (C=O) groups is 1. The minimum absolute atomic E-state index is 0.0447. The van der Waals surface area contributed by atoms with Crippen LogP contribution in [0, 0.1) is 10.1 Å². The van der Waals surface area contributed by atoms with Crippen LogP contribution in [-0.2, 0) is 22.3 Å². The highest BCUT2D eigenvalue weighted by Gasteiger charge is 2.33. The second kappa shape index (κ2) is 8.21. The smallest absolute Gasteiger partial charge is 0.417 e. The molecule has 1 amide bonds. The standard InChI is InChI=1S/C18H12BrF3N2O5/c19-15-3-2-12(7-14(15)18(20,21)22)23-16(25)4-1-10-5-13(24(26)27)6-11-8-28-9-29-17(10)11/h1-7H,8-9H2,(H,23,25)/b4-1+. The number of rotatable bonds is 4. The van der Waals surface area contributed by atoms with Gasteiger partial charge in [-0.15, -0.1) is 0 Å². The first-order valence-corrected chi connectivity index (χ1v) is 8.82. The van der Waals surface area contributed by atoms with Crippen molar-refractivity contribution in [3.63, 3.8) is 0 Å². The molecular weight excluding hydrogens is 461 g/mol. The van der Waals surface area contributed by atoms with E-state index in [1.807, 2.05) is 0 Å². The number of nitro groups is 1. The molecule has 0 bridgehead atoms. The zero-order valence-electron chi connectivity index (χ0n) is 14.5. The Kier molecular flexibility index (Phi) is 5.89. The van der Waals surface area contributed by atoms with Gasteiger partial charge in [0.1, 0.15) is 5.75 Å².